The van der Waals surface area contributed by atoms with Gasteiger partial charge in [-0.3, -0.25) is 0 Å². The molecule has 15 aromatic carbocycles. The molecule has 0 saturated heterocycles. The van der Waals surface area contributed by atoms with Crippen LogP contribution in [-0.4, -0.2) is 6.71 Å². The van der Waals surface area contributed by atoms with Crippen molar-refractivity contribution in [3.63, 3.8) is 0 Å². The molecule has 2 aliphatic heterocycles. The third-order valence-corrected chi connectivity index (χ3v) is 22.8. The SMILES string of the molecule is CC(C)(C)c1cc(-c2ccccc2)c(N2c3cc(-c4c5ccccc5c(-c5ccccc5)c5ccccc45)ccc3B3c4ccc(-c5cccc6sc7ccccc7c56)cc4N(c4c(-c5ccccc5)cc(C(C)(C)C)cc4-c4ccccc4)c4cc(C(C)(C)C)cc2c43)c(-c2ccccc2)c1. The third kappa shape index (κ3) is 10.4. The lowest BCUT2D eigenvalue weighted by Crippen LogP contribution is -2.61. The molecule has 490 valence electrons. The first-order chi connectivity index (χ1) is 49.5. The normalized spacial score (nSPS) is 12.9. The lowest BCUT2D eigenvalue weighted by molar-refractivity contribution is 0.590. The van der Waals surface area contributed by atoms with Gasteiger partial charge in [0.1, 0.15) is 0 Å². The summed E-state index contributed by atoms with van der Waals surface area (Å²) in [5.41, 5.74) is 30.5. The Kier molecular flexibility index (Phi) is 14.9. The van der Waals surface area contributed by atoms with Crippen LogP contribution in [0.4, 0.5) is 34.1 Å². The number of benzene rings is 15. The van der Waals surface area contributed by atoms with Crippen molar-refractivity contribution in [1.29, 1.82) is 0 Å². The molecular weight excluding hydrogens is 1250 g/mol. The predicted octanol–water partition coefficient (Wildman–Crippen LogP) is 26.0. The second-order valence-corrected chi connectivity index (χ2v) is 32.2. The summed E-state index contributed by atoms with van der Waals surface area (Å²) >= 11 is 1.88. The highest BCUT2D eigenvalue weighted by atomic mass is 32.1. The largest absolute Gasteiger partial charge is 0.310 e. The first kappa shape index (κ1) is 62.9. The minimum Gasteiger partial charge on any atom is -0.310 e. The van der Waals surface area contributed by atoms with Gasteiger partial charge in [0.2, 0.25) is 0 Å². The van der Waals surface area contributed by atoms with Crippen LogP contribution in [0.3, 0.4) is 0 Å². The summed E-state index contributed by atoms with van der Waals surface area (Å²) in [5.74, 6) is 0. The molecule has 2 aliphatic rings. The van der Waals surface area contributed by atoms with Crippen LogP contribution in [0, 0.1) is 0 Å². The standard InChI is InChI=1S/C98H79BN2S/c1-96(2,3)69-56-78(62-32-15-10-16-33-62)94(79(57-69)63-34-17-11-18-35-63)100-84-54-67(72-47-31-49-89-92(72)77-46-29-30-48-88(77)102-89)50-52-82(84)99-83-53-51-68(91-75-44-27-25-42-73(75)90(66-40-23-14-24-41-66)74-43-26-28-45-76(74)91)55-85(83)101(87-61-71(98(7,8)9)60-86(100)93(87)99)95-80(64-36-19-12-20-37-64)58-70(97(4,5)6)59-81(95)65-38-21-13-22-39-65/h10-61H,1-9H3. The number of hydrogen-bond donors (Lipinski definition) is 0. The van der Waals surface area contributed by atoms with Crippen LogP contribution in [-0.2, 0) is 16.2 Å². The molecule has 1 aromatic heterocycles. The Labute approximate surface area is 604 Å². The first-order valence-electron chi connectivity index (χ1n) is 36.1. The molecule has 0 N–H and O–H groups in total. The molecule has 0 bridgehead atoms. The quantitative estimate of drug-likeness (QED) is 0.105. The number of fused-ring (bicyclic) bond motifs is 9. The van der Waals surface area contributed by atoms with E-state index in [0.29, 0.717) is 0 Å². The third-order valence-electron chi connectivity index (χ3n) is 21.7. The molecule has 0 amide bonds. The lowest BCUT2D eigenvalue weighted by atomic mass is 9.33. The Bertz CT molecular complexity index is 5810. The number of anilines is 6. The molecule has 0 saturated carbocycles. The number of hydrogen-bond acceptors (Lipinski definition) is 3. The molecule has 0 radical (unpaired) electrons. The molecule has 0 unspecified atom stereocenters. The second kappa shape index (κ2) is 24.2. The molecule has 102 heavy (non-hydrogen) atoms. The lowest BCUT2D eigenvalue weighted by Gasteiger charge is -2.47. The van der Waals surface area contributed by atoms with E-state index < -0.39 is 0 Å². The van der Waals surface area contributed by atoms with E-state index in [4.69, 9.17) is 0 Å². The average Bonchev–Trinajstić information content (AvgIpc) is 0.787. The van der Waals surface area contributed by atoms with Gasteiger partial charge in [-0.15, -0.1) is 11.3 Å². The van der Waals surface area contributed by atoms with Crippen LogP contribution in [0.5, 0.6) is 0 Å². The van der Waals surface area contributed by atoms with Gasteiger partial charge in [-0.25, -0.2) is 0 Å². The Morgan fingerprint density at radius 3 is 1.00 bits per heavy atom. The van der Waals surface area contributed by atoms with Gasteiger partial charge in [0.25, 0.3) is 6.71 Å². The summed E-state index contributed by atoms with van der Waals surface area (Å²) < 4.78 is 2.58. The maximum Gasteiger partial charge on any atom is 0.252 e. The summed E-state index contributed by atoms with van der Waals surface area (Å²) in [4.78, 5) is 5.50. The summed E-state index contributed by atoms with van der Waals surface area (Å²) in [6, 6.07) is 120. The molecule has 3 heterocycles. The fourth-order valence-corrected chi connectivity index (χ4v) is 17.7. The molecule has 0 aliphatic carbocycles. The monoisotopic (exact) mass is 1330 g/mol. The Morgan fingerprint density at radius 1 is 0.255 bits per heavy atom. The van der Waals surface area contributed by atoms with Gasteiger partial charge in [0.05, 0.1) is 11.4 Å². The van der Waals surface area contributed by atoms with Crippen molar-refractivity contribution in [2.75, 3.05) is 9.80 Å². The zero-order valence-electron chi connectivity index (χ0n) is 59.4. The zero-order chi connectivity index (χ0) is 69.3. The van der Waals surface area contributed by atoms with E-state index in [0.717, 1.165) is 33.9 Å². The van der Waals surface area contributed by atoms with E-state index >= 15 is 0 Å². The van der Waals surface area contributed by atoms with Crippen LogP contribution >= 0.6 is 11.3 Å². The summed E-state index contributed by atoms with van der Waals surface area (Å²) in [6.07, 6.45) is 0. The van der Waals surface area contributed by atoms with Crippen LogP contribution < -0.4 is 26.2 Å². The van der Waals surface area contributed by atoms with E-state index in [9.17, 15) is 0 Å². The molecule has 4 heteroatoms. The van der Waals surface area contributed by atoms with Crippen molar-refractivity contribution in [3.05, 3.63) is 332 Å². The number of rotatable bonds is 9. The van der Waals surface area contributed by atoms with Crippen molar-refractivity contribution in [1.82, 2.24) is 0 Å². The highest BCUT2D eigenvalue weighted by Crippen LogP contribution is 2.57. The Morgan fingerprint density at radius 2 is 0.588 bits per heavy atom. The topological polar surface area (TPSA) is 6.48 Å². The van der Waals surface area contributed by atoms with Gasteiger partial charge in [-0.2, -0.15) is 0 Å². The fraction of sp³-hybridized carbons (Fsp3) is 0.122. The molecule has 0 atom stereocenters. The van der Waals surface area contributed by atoms with Gasteiger partial charge in [-0.1, -0.05) is 317 Å². The van der Waals surface area contributed by atoms with Crippen LogP contribution in [0.1, 0.15) is 79.0 Å². The minimum absolute atomic E-state index is 0.183. The summed E-state index contributed by atoms with van der Waals surface area (Å²) in [6.45, 7) is 21.2. The number of thiophene rings is 1. The van der Waals surface area contributed by atoms with Gasteiger partial charge >= 0.3 is 0 Å². The van der Waals surface area contributed by atoms with Gasteiger partial charge in [0, 0.05) is 65.2 Å². The Balaban J connectivity index is 1.03. The second-order valence-electron chi connectivity index (χ2n) is 31.1. The maximum absolute atomic E-state index is 2.75. The van der Waals surface area contributed by atoms with Crippen LogP contribution in [0.25, 0.3) is 120 Å². The average molecular weight is 1330 g/mol. The van der Waals surface area contributed by atoms with E-state index in [1.54, 1.807) is 0 Å². The Hall–Kier alpha value is -11.3. The van der Waals surface area contributed by atoms with E-state index in [1.807, 2.05) is 11.3 Å². The van der Waals surface area contributed by atoms with Gasteiger partial charge < -0.3 is 9.80 Å². The van der Waals surface area contributed by atoms with E-state index in [-0.39, 0.29) is 23.0 Å². The molecule has 16 aromatic rings. The van der Waals surface area contributed by atoms with Crippen molar-refractivity contribution in [2.45, 2.75) is 78.6 Å². The molecular formula is C98H79BN2S. The highest BCUT2D eigenvalue weighted by molar-refractivity contribution is 7.26. The fourth-order valence-electron chi connectivity index (χ4n) is 16.6. The van der Waals surface area contributed by atoms with Crippen LogP contribution in [0.15, 0.2) is 315 Å². The number of nitrogens with zero attached hydrogens (tertiary/aromatic N) is 2. The minimum atomic E-state index is -0.322. The van der Waals surface area contributed by atoms with E-state index in [2.05, 4.69) is 388 Å². The van der Waals surface area contributed by atoms with Crippen molar-refractivity contribution in [2.24, 2.45) is 0 Å². The molecule has 2 nitrogen and oxygen atoms in total. The summed E-state index contributed by atoms with van der Waals surface area (Å²) in [5, 5.41) is 7.49. The summed E-state index contributed by atoms with van der Waals surface area (Å²) in [7, 11) is 0. The highest BCUT2D eigenvalue weighted by Gasteiger charge is 2.47. The maximum atomic E-state index is 2.75. The van der Waals surface area contributed by atoms with Crippen molar-refractivity contribution in [3.8, 4) is 77.9 Å². The molecule has 18 rings (SSSR count). The smallest absolute Gasteiger partial charge is 0.252 e. The van der Waals surface area contributed by atoms with Crippen molar-refractivity contribution < 1.29 is 0 Å². The zero-order valence-corrected chi connectivity index (χ0v) is 60.2. The first-order valence-corrected chi connectivity index (χ1v) is 36.9. The van der Waals surface area contributed by atoms with Gasteiger partial charge in [-0.05, 0) is 187 Å². The van der Waals surface area contributed by atoms with Crippen molar-refractivity contribution >= 4 is 110 Å². The molecule has 0 spiro atoms. The molecule has 0 fully saturated rings. The van der Waals surface area contributed by atoms with Crippen LogP contribution in [0.2, 0.25) is 0 Å². The predicted molar refractivity (Wildman–Crippen MR) is 443 cm³/mol. The van der Waals surface area contributed by atoms with E-state index in [1.165, 1.54) is 153 Å². The van der Waals surface area contributed by atoms with Gasteiger partial charge in [0.15, 0.2) is 0 Å².